The lowest BCUT2D eigenvalue weighted by atomic mass is 10.1. The predicted octanol–water partition coefficient (Wildman–Crippen LogP) is 15.2. The number of aliphatic carboxylic acids is 1. The molecule has 0 fully saturated rings. The summed E-state index contributed by atoms with van der Waals surface area (Å²) in [5.41, 5.74) is 0. The largest absolute Gasteiger partial charge is 0.480 e. The Kier molecular flexibility index (Phi) is 48.0. The van der Waals surface area contributed by atoms with Crippen molar-refractivity contribution in [3.05, 3.63) is 72.9 Å². The molecule has 12 heteroatoms. The highest BCUT2D eigenvalue weighted by Gasteiger charge is 2.28. The van der Waals surface area contributed by atoms with E-state index in [1.807, 2.05) is 0 Å². The highest BCUT2D eigenvalue weighted by atomic mass is 31.2. The molecule has 0 heterocycles. The minimum atomic E-state index is -4.77. The van der Waals surface area contributed by atoms with E-state index < -0.39 is 57.6 Å². The Hall–Kier alpha value is -3.08. The van der Waals surface area contributed by atoms with Crippen LogP contribution >= 0.6 is 7.82 Å². The highest BCUT2D eigenvalue weighted by Crippen LogP contribution is 2.43. The van der Waals surface area contributed by atoms with Crippen LogP contribution in [-0.4, -0.2) is 64.9 Å². The maximum absolute atomic E-state index is 12.4. The van der Waals surface area contributed by atoms with E-state index in [1.54, 1.807) is 0 Å². The molecule has 3 atom stereocenters. The van der Waals surface area contributed by atoms with Gasteiger partial charge in [0.05, 0.1) is 13.2 Å². The zero-order valence-electron chi connectivity index (χ0n) is 42.9. The quantitative estimate of drug-likeness (QED) is 0.0199. The van der Waals surface area contributed by atoms with Crippen molar-refractivity contribution >= 4 is 25.7 Å². The summed E-state index contributed by atoms with van der Waals surface area (Å²) in [4.78, 5) is 46.2. The molecule has 11 nitrogen and oxygen atoms in total. The summed E-state index contributed by atoms with van der Waals surface area (Å²) in [6.07, 6.45) is 62.0. The minimum absolute atomic E-state index is 0.134. The van der Waals surface area contributed by atoms with Gasteiger partial charge in [-0.2, -0.15) is 0 Å². The van der Waals surface area contributed by atoms with Gasteiger partial charge in [0.25, 0.3) is 0 Å². The van der Waals surface area contributed by atoms with Gasteiger partial charge in [-0.3, -0.25) is 18.6 Å². The number of esters is 1. The number of phosphoric acid groups is 1. The van der Waals surface area contributed by atoms with Crippen molar-refractivity contribution in [2.75, 3.05) is 19.8 Å². The summed E-state index contributed by atoms with van der Waals surface area (Å²) in [5, 5.41) is 22.0. The molecule has 4 N–H and O–H groups in total. The summed E-state index contributed by atoms with van der Waals surface area (Å²) in [7, 11) is -4.77. The number of carbonyl (C=O) groups excluding carboxylic acids is 2. The summed E-state index contributed by atoms with van der Waals surface area (Å²) in [5.74, 6) is -2.39. The number of allylic oxidation sites excluding steroid dienone is 12. The zero-order valence-corrected chi connectivity index (χ0v) is 43.8. The van der Waals surface area contributed by atoms with E-state index in [1.165, 1.54) is 109 Å². The summed E-state index contributed by atoms with van der Waals surface area (Å²) < 4.78 is 27.0. The van der Waals surface area contributed by atoms with Crippen LogP contribution in [0.4, 0.5) is 0 Å². The number of carboxylic acid groups (broad SMARTS) is 1. The van der Waals surface area contributed by atoms with E-state index in [9.17, 15) is 34.1 Å². The van der Waals surface area contributed by atoms with Gasteiger partial charge in [-0.25, -0.2) is 9.36 Å². The predicted molar refractivity (Wildman–Crippen MR) is 281 cm³/mol. The Bertz CT molecular complexity index is 1420. The molecule has 0 rings (SSSR count). The van der Waals surface area contributed by atoms with Crippen molar-refractivity contribution in [1.82, 2.24) is 5.32 Å². The van der Waals surface area contributed by atoms with Gasteiger partial charge in [-0.15, -0.1) is 0 Å². The van der Waals surface area contributed by atoms with Gasteiger partial charge in [-0.1, -0.05) is 202 Å². The summed E-state index contributed by atoms with van der Waals surface area (Å²) >= 11 is 0. The number of rotatable bonds is 50. The van der Waals surface area contributed by atoms with Gasteiger partial charge in [-0.05, 0) is 89.9 Å². The van der Waals surface area contributed by atoms with Crippen molar-refractivity contribution in [1.29, 1.82) is 0 Å². The fourth-order valence-electron chi connectivity index (χ4n) is 7.27. The highest BCUT2D eigenvalue weighted by molar-refractivity contribution is 7.47. The first-order chi connectivity index (χ1) is 33.1. The van der Waals surface area contributed by atoms with Crippen LogP contribution in [0.3, 0.4) is 0 Å². The second kappa shape index (κ2) is 50.3. The second-order valence-corrected chi connectivity index (χ2v) is 19.5. The Labute approximate surface area is 414 Å². The van der Waals surface area contributed by atoms with Crippen molar-refractivity contribution in [3.63, 3.8) is 0 Å². The monoisotopic (exact) mass is 976 g/mol. The second-order valence-electron chi connectivity index (χ2n) is 18.1. The number of aliphatic hydroxyl groups is 1. The maximum Gasteiger partial charge on any atom is 0.472 e. The van der Waals surface area contributed by atoms with E-state index in [-0.39, 0.29) is 12.8 Å². The maximum atomic E-state index is 12.4. The van der Waals surface area contributed by atoms with Crippen molar-refractivity contribution in [2.45, 2.75) is 244 Å². The molecule has 1 amide bonds. The fraction of sp³-hybridized carbons (Fsp3) is 0.732. The van der Waals surface area contributed by atoms with Crippen LogP contribution in [0.5, 0.6) is 0 Å². The van der Waals surface area contributed by atoms with Gasteiger partial charge in [0.1, 0.15) is 12.7 Å². The average molecular weight is 976 g/mol. The third kappa shape index (κ3) is 49.3. The molecule has 0 saturated heterocycles. The molecule has 0 aromatic rings. The molecular weight excluding hydrogens is 878 g/mol. The van der Waals surface area contributed by atoms with Crippen LogP contribution in [0.1, 0.15) is 232 Å². The normalized spacial score (nSPS) is 14.1. The number of ether oxygens (including phenoxy) is 1. The van der Waals surface area contributed by atoms with E-state index in [4.69, 9.17) is 13.8 Å². The fourth-order valence-corrected chi connectivity index (χ4v) is 8.04. The van der Waals surface area contributed by atoms with E-state index >= 15 is 0 Å². The first-order valence-electron chi connectivity index (χ1n) is 27.0. The molecule has 68 heavy (non-hydrogen) atoms. The number of nitrogens with one attached hydrogen (secondary N) is 1. The molecule has 3 unspecified atom stereocenters. The van der Waals surface area contributed by atoms with E-state index in [2.05, 4.69) is 92.1 Å². The smallest absolute Gasteiger partial charge is 0.472 e. The molecule has 0 aliphatic rings. The van der Waals surface area contributed by atoms with Crippen LogP contribution in [0, 0.1) is 0 Å². The Morgan fingerprint density at radius 1 is 0.471 bits per heavy atom. The van der Waals surface area contributed by atoms with Gasteiger partial charge in [0.15, 0.2) is 6.04 Å². The molecular formula is C56H98NO10P. The SMILES string of the molecule is CCCCC/C=C\C/C=C\C/C=C\CCCCCCCCCCCCC(=O)OCC(O)COP(=O)(O)OCC(NC(=O)CCCCCCCCCC/C=C\C/C=C\C/C=C\CCCCC)C(=O)O. The molecule has 0 spiro atoms. The van der Waals surface area contributed by atoms with Crippen molar-refractivity contribution in [2.24, 2.45) is 0 Å². The molecule has 0 radical (unpaired) electrons. The third-order valence-corrected chi connectivity index (χ3v) is 12.4. The number of amides is 1. The number of phosphoric ester groups is 1. The van der Waals surface area contributed by atoms with E-state index in [0.29, 0.717) is 12.8 Å². The zero-order chi connectivity index (χ0) is 49.9. The van der Waals surface area contributed by atoms with Crippen LogP contribution in [0.15, 0.2) is 72.9 Å². The van der Waals surface area contributed by atoms with Crippen LogP contribution < -0.4 is 5.32 Å². The first kappa shape index (κ1) is 64.9. The van der Waals surface area contributed by atoms with Gasteiger partial charge in [0.2, 0.25) is 5.91 Å². The Morgan fingerprint density at radius 2 is 0.809 bits per heavy atom. The Balaban J connectivity index is 3.83. The Morgan fingerprint density at radius 3 is 1.21 bits per heavy atom. The average Bonchev–Trinajstić information content (AvgIpc) is 3.32. The number of unbranched alkanes of at least 4 members (excludes halogenated alkanes) is 24. The first-order valence-corrected chi connectivity index (χ1v) is 28.5. The van der Waals surface area contributed by atoms with Gasteiger partial charge >= 0.3 is 19.8 Å². The van der Waals surface area contributed by atoms with Crippen LogP contribution in [-0.2, 0) is 32.7 Å². The van der Waals surface area contributed by atoms with Crippen LogP contribution in [0.25, 0.3) is 0 Å². The number of aliphatic hydroxyl groups excluding tert-OH is 1. The lowest BCUT2D eigenvalue weighted by Gasteiger charge is -2.18. The molecule has 0 saturated carbocycles. The molecule has 0 aromatic carbocycles. The number of carbonyl (C=O) groups is 3. The molecule has 0 aromatic heterocycles. The van der Waals surface area contributed by atoms with Gasteiger partial charge in [0, 0.05) is 12.8 Å². The number of carboxylic acids is 1. The third-order valence-electron chi connectivity index (χ3n) is 11.5. The van der Waals surface area contributed by atoms with Crippen molar-refractivity contribution in [3.8, 4) is 0 Å². The molecule has 392 valence electrons. The lowest BCUT2D eigenvalue weighted by Crippen LogP contribution is -2.43. The summed E-state index contributed by atoms with van der Waals surface area (Å²) in [6.45, 7) is 2.56. The number of hydrogen-bond acceptors (Lipinski definition) is 8. The van der Waals surface area contributed by atoms with Gasteiger partial charge < -0.3 is 25.2 Å². The molecule has 0 aliphatic carbocycles. The minimum Gasteiger partial charge on any atom is -0.480 e. The topological polar surface area (TPSA) is 169 Å². The van der Waals surface area contributed by atoms with E-state index in [0.717, 1.165) is 83.5 Å². The standard InChI is InChI=1S/C56H98NO10P/c1-3-5-7-9-11-13-15-17-19-21-23-25-26-28-30-32-34-36-38-40-42-44-46-48-55(60)65-49-52(58)50-66-68(63,64)67-51-53(56(61)62)57-54(59)47-45-43-41-39-37-35-33-31-29-27-24-22-20-18-16-14-12-10-8-6-4-2/h11-14,17-20,23-25,27,52-53,58H,3-10,15-16,21-22,26,28-51H2,1-2H3,(H,57,59)(H,61,62)(H,63,64)/b13-11-,14-12-,19-17-,20-18-,25-23-,27-24-. The molecule has 0 bridgehead atoms. The summed E-state index contributed by atoms with van der Waals surface area (Å²) in [6, 6.07) is -1.56. The van der Waals surface area contributed by atoms with Crippen molar-refractivity contribution < 1.29 is 47.8 Å². The number of hydrogen-bond donors (Lipinski definition) is 4. The van der Waals surface area contributed by atoms with Crippen LogP contribution in [0.2, 0.25) is 0 Å². The molecule has 0 aliphatic heterocycles. The lowest BCUT2D eigenvalue weighted by molar-refractivity contribution is -0.147.